The largest absolute Gasteiger partial charge is 0.383 e. The Kier molecular flexibility index (Phi) is 3.69. The maximum absolute atomic E-state index is 5.73. The van der Waals surface area contributed by atoms with E-state index in [0.29, 0.717) is 5.82 Å². The van der Waals surface area contributed by atoms with Crippen LogP contribution in [0.2, 0.25) is 0 Å². The highest BCUT2D eigenvalue weighted by molar-refractivity contribution is 7.10. The first-order valence-electron chi connectivity index (χ1n) is 6.12. The molecule has 1 fully saturated rings. The van der Waals surface area contributed by atoms with Gasteiger partial charge in [-0.05, 0) is 43.1 Å². The summed E-state index contributed by atoms with van der Waals surface area (Å²) in [6.45, 7) is 5.47. The Hall–Kier alpha value is -0.770. The molecule has 1 aromatic heterocycles. The summed E-state index contributed by atoms with van der Waals surface area (Å²) in [5.74, 6) is 2.39. The third-order valence-electron chi connectivity index (χ3n) is 3.56. The number of hydrogen-bond acceptors (Lipinski definition) is 4. The van der Waals surface area contributed by atoms with E-state index >= 15 is 0 Å². The van der Waals surface area contributed by atoms with Gasteiger partial charge in [-0.1, -0.05) is 19.8 Å². The normalized spacial score (nSPS) is 25.6. The lowest BCUT2D eigenvalue weighted by Gasteiger charge is -2.26. The third kappa shape index (κ3) is 2.67. The maximum Gasteiger partial charge on any atom is 0.142 e. The van der Waals surface area contributed by atoms with Crippen LogP contribution in [0, 0.1) is 18.8 Å². The predicted octanol–water partition coefficient (Wildman–Crippen LogP) is 3.27. The van der Waals surface area contributed by atoms with Gasteiger partial charge in [0.2, 0.25) is 0 Å². The molecule has 1 aromatic rings. The highest BCUT2D eigenvalue weighted by Gasteiger charge is 2.19. The number of nitrogens with two attached hydrogens (primary N) is 1. The van der Waals surface area contributed by atoms with Crippen molar-refractivity contribution in [2.75, 3.05) is 17.6 Å². The number of nitrogens with one attached hydrogen (secondary N) is 1. The van der Waals surface area contributed by atoms with Crippen LogP contribution in [0.5, 0.6) is 0 Å². The molecule has 0 saturated heterocycles. The average molecular weight is 239 g/mol. The molecule has 0 bridgehead atoms. The SMILES string of the molecule is Cc1c(N)nsc1NCC1CCCC(C)C1. The monoisotopic (exact) mass is 239 g/mol. The van der Waals surface area contributed by atoms with E-state index in [2.05, 4.69) is 16.6 Å². The Bertz CT molecular complexity index is 348. The number of nitrogen functional groups attached to an aromatic ring is 1. The minimum atomic E-state index is 0.671. The quantitative estimate of drug-likeness (QED) is 0.851. The lowest BCUT2D eigenvalue weighted by atomic mass is 9.82. The number of hydrogen-bond donors (Lipinski definition) is 2. The molecule has 16 heavy (non-hydrogen) atoms. The van der Waals surface area contributed by atoms with Crippen molar-refractivity contribution >= 4 is 22.4 Å². The summed E-state index contributed by atoms with van der Waals surface area (Å²) in [6, 6.07) is 0. The van der Waals surface area contributed by atoms with E-state index in [4.69, 9.17) is 5.73 Å². The molecule has 2 atom stereocenters. The van der Waals surface area contributed by atoms with Crippen LogP contribution in [0.25, 0.3) is 0 Å². The fourth-order valence-corrected chi connectivity index (χ4v) is 3.21. The summed E-state index contributed by atoms with van der Waals surface area (Å²) in [5, 5.41) is 4.65. The molecule has 90 valence electrons. The number of nitrogens with zero attached hydrogens (tertiary/aromatic N) is 1. The highest BCUT2D eigenvalue weighted by Crippen LogP contribution is 2.30. The molecule has 3 nitrogen and oxygen atoms in total. The Labute approximate surface area is 102 Å². The molecule has 0 aliphatic heterocycles. The summed E-state index contributed by atoms with van der Waals surface area (Å²) in [6.07, 6.45) is 5.52. The van der Waals surface area contributed by atoms with Gasteiger partial charge in [-0.3, -0.25) is 0 Å². The van der Waals surface area contributed by atoms with Crippen LogP contribution in [0.1, 0.15) is 38.2 Å². The fraction of sp³-hybridized carbons (Fsp3) is 0.750. The topological polar surface area (TPSA) is 50.9 Å². The van der Waals surface area contributed by atoms with Crippen LogP contribution in [0.3, 0.4) is 0 Å². The second-order valence-electron chi connectivity index (χ2n) is 5.04. The minimum absolute atomic E-state index is 0.671. The summed E-state index contributed by atoms with van der Waals surface area (Å²) < 4.78 is 4.15. The van der Waals surface area contributed by atoms with Gasteiger partial charge in [0.1, 0.15) is 10.8 Å². The van der Waals surface area contributed by atoms with Crippen LogP contribution in [-0.2, 0) is 0 Å². The molecule has 2 rings (SSSR count). The van der Waals surface area contributed by atoms with Gasteiger partial charge in [0.25, 0.3) is 0 Å². The fourth-order valence-electron chi connectivity index (χ4n) is 2.50. The molecule has 3 N–H and O–H groups in total. The molecule has 0 aromatic carbocycles. The van der Waals surface area contributed by atoms with Crippen molar-refractivity contribution in [2.24, 2.45) is 11.8 Å². The van der Waals surface area contributed by atoms with Crippen LogP contribution in [0.15, 0.2) is 0 Å². The van der Waals surface area contributed by atoms with Gasteiger partial charge in [0.15, 0.2) is 0 Å². The van der Waals surface area contributed by atoms with Crippen LogP contribution < -0.4 is 11.1 Å². The van der Waals surface area contributed by atoms with Gasteiger partial charge in [-0.15, -0.1) is 0 Å². The van der Waals surface area contributed by atoms with Crippen LogP contribution in [-0.4, -0.2) is 10.9 Å². The number of aromatic nitrogens is 1. The maximum atomic E-state index is 5.73. The first-order valence-corrected chi connectivity index (χ1v) is 6.89. The van der Waals surface area contributed by atoms with Crippen molar-refractivity contribution < 1.29 is 0 Å². The van der Waals surface area contributed by atoms with E-state index in [0.717, 1.165) is 28.9 Å². The zero-order valence-electron chi connectivity index (χ0n) is 10.1. The Morgan fingerprint density at radius 1 is 1.50 bits per heavy atom. The molecular formula is C12H21N3S. The van der Waals surface area contributed by atoms with E-state index in [1.54, 1.807) is 0 Å². The van der Waals surface area contributed by atoms with Crippen molar-refractivity contribution in [3.05, 3.63) is 5.56 Å². The Morgan fingerprint density at radius 3 is 2.94 bits per heavy atom. The van der Waals surface area contributed by atoms with Gasteiger partial charge < -0.3 is 11.1 Å². The van der Waals surface area contributed by atoms with Crippen molar-refractivity contribution in [2.45, 2.75) is 39.5 Å². The summed E-state index contributed by atoms with van der Waals surface area (Å²) in [5.41, 5.74) is 6.84. The second-order valence-corrected chi connectivity index (χ2v) is 5.81. The zero-order chi connectivity index (χ0) is 11.5. The summed E-state index contributed by atoms with van der Waals surface area (Å²) in [7, 11) is 0. The molecule has 2 unspecified atom stereocenters. The average Bonchev–Trinajstić information content (AvgIpc) is 2.57. The smallest absolute Gasteiger partial charge is 0.142 e. The summed E-state index contributed by atoms with van der Waals surface area (Å²) in [4.78, 5) is 0. The van der Waals surface area contributed by atoms with E-state index in [1.807, 2.05) is 6.92 Å². The first-order chi connectivity index (χ1) is 7.66. The highest BCUT2D eigenvalue weighted by atomic mass is 32.1. The lowest BCUT2D eigenvalue weighted by Crippen LogP contribution is -2.20. The van der Waals surface area contributed by atoms with E-state index in [9.17, 15) is 0 Å². The van der Waals surface area contributed by atoms with Crippen LogP contribution in [0.4, 0.5) is 10.8 Å². The standard InChI is InChI=1S/C12H21N3S/c1-8-4-3-5-10(6-8)7-14-12-9(2)11(13)15-16-12/h8,10,14H,3-7H2,1-2H3,(H2,13,15). The van der Waals surface area contributed by atoms with Crippen molar-refractivity contribution in [1.29, 1.82) is 0 Å². The Morgan fingerprint density at radius 2 is 2.31 bits per heavy atom. The molecule has 0 spiro atoms. The number of rotatable bonds is 3. The molecule has 1 aliphatic rings. The zero-order valence-corrected chi connectivity index (χ0v) is 10.9. The summed E-state index contributed by atoms with van der Waals surface area (Å²) >= 11 is 1.48. The van der Waals surface area contributed by atoms with Crippen molar-refractivity contribution in [1.82, 2.24) is 4.37 Å². The van der Waals surface area contributed by atoms with Gasteiger partial charge >= 0.3 is 0 Å². The van der Waals surface area contributed by atoms with Gasteiger partial charge in [0, 0.05) is 12.1 Å². The van der Waals surface area contributed by atoms with E-state index in [-0.39, 0.29) is 0 Å². The predicted molar refractivity (Wildman–Crippen MR) is 70.9 cm³/mol. The van der Waals surface area contributed by atoms with Gasteiger partial charge in [0.05, 0.1) is 0 Å². The molecule has 1 heterocycles. The van der Waals surface area contributed by atoms with Crippen molar-refractivity contribution in [3.63, 3.8) is 0 Å². The molecule has 1 saturated carbocycles. The minimum Gasteiger partial charge on any atom is -0.383 e. The molecule has 1 aliphatic carbocycles. The third-order valence-corrected chi connectivity index (χ3v) is 4.48. The van der Waals surface area contributed by atoms with Gasteiger partial charge in [-0.2, -0.15) is 4.37 Å². The van der Waals surface area contributed by atoms with E-state index in [1.165, 1.54) is 37.2 Å². The molecular weight excluding hydrogens is 218 g/mol. The molecule has 4 heteroatoms. The van der Waals surface area contributed by atoms with Gasteiger partial charge in [-0.25, -0.2) is 0 Å². The molecule has 0 amide bonds. The first kappa shape index (κ1) is 11.7. The second kappa shape index (κ2) is 5.04. The molecule has 0 radical (unpaired) electrons. The Balaban J connectivity index is 1.85. The van der Waals surface area contributed by atoms with Crippen molar-refractivity contribution in [3.8, 4) is 0 Å². The van der Waals surface area contributed by atoms with E-state index < -0.39 is 0 Å². The lowest BCUT2D eigenvalue weighted by molar-refractivity contribution is 0.293. The number of anilines is 2. The van der Waals surface area contributed by atoms with Crippen LogP contribution >= 0.6 is 11.5 Å².